The van der Waals surface area contributed by atoms with Crippen LogP contribution in [-0.2, 0) is 20.8 Å². The van der Waals surface area contributed by atoms with Crippen molar-refractivity contribution >= 4 is 17.7 Å². The van der Waals surface area contributed by atoms with Crippen molar-refractivity contribution in [2.24, 2.45) is 11.7 Å². The molecule has 0 aliphatic carbocycles. The molecule has 1 rings (SSSR count). The molecule has 0 heterocycles. The van der Waals surface area contributed by atoms with E-state index < -0.39 is 29.7 Å². The molecule has 6 nitrogen and oxygen atoms in total. The van der Waals surface area contributed by atoms with Crippen molar-refractivity contribution in [3.63, 3.8) is 0 Å². The number of rotatable bonds is 7. The standard InChI is InChI=1S/C16H22FN3O3/c1-9(2)14(19-10(3)21)16(23)20-13(15(18)22)8-11-5-4-6-12(17)7-11/h4-7,9,13-14H,8H2,1-3H3,(H2,18,22)(H,19,21)(H,20,23)/t13-,14+/m0/s1. The maximum atomic E-state index is 13.2. The molecule has 0 bridgehead atoms. The smallest absolute Gasteiger partial charge is 0.243 e. The number of nitrogens with two attached hydrogens (primary N) is 1. The first-order chi connectivity index (χ1) is 10.7. The highest BCUT2D eigenvalue weighted by Gasteiger charge is 2.27. The van der Waals surface area contributed by atoms with Gasteiger partial charge in [0.25, 0.3) is 0 Å². The molecule has 4 N–H and O–H groups in total. The van der Waals surface area contributed by atoms with Gasteiger partial charge in [-0.3, -0.25) is 14.4 Å². The van der Waals surface area contributed by atoms with Crippen molar-refractivity contribution in [3.8, 4) is 0 Å². The Bertz CT molecular complexity index is 590. The average molecular weight is 323 g/mol. The van der Waals surface area contributed by atoms with E-state index in [4.69, 9.17) is 5.73 Å². The molecule has 2 atom stereocenters. The second kappa shape index (κ2) is 8.26. The summed E-state index contributed by atoms with van der Waals surface area (Å²) in [5.74, 6) is -2.18. The molecule has 0 aromatic heterocycles. The van der Waals surface area contributed by atoms with E-state index in [2.05, 4.69) is 10.6 Å². The van der Waals surface area contributed by atoms with Crippen LogP contribution in [0.4, 0.5) is 4.39 Å². The van der Waals surface area contributed by atoms with E-state index >= 15 is 0 Å². The van der Waals surface area contributed by atoms with Crippen molar-refractivity contribution in [2.45, 2.75) is 39.3 Å². The third-order valence-electron chi connectivity index (χ3n) is 3.30. The number of carbonyl (C=O) groups is 3. The summed E-state index contributed by atoms with van der Waals surface area (Å²) in [4.78, 5) is 35.0. The highest BCUT2D eigenvalue weighted by molar-refractivity contribution is 5.91. The Kier molecular flexibility index (Phi) is 6.68. The lowest BCUT2D eigenvalue weighted by Gasteiger charge is -2.24. The first-order valence-electron chi connectivity index (χ1n) is 7.32. The van der Waals surface area contributed by atoms with Gasteiger partial charge in [-0.25, -0.2) is 4.39 Å². The molecule has 1 aromatic carbocycles. The van der Waals surface area contributed by atoms with Crippen molar-refractivity contribution in [3.05, 3.63) is 35.6 Å². The highest BCUT2D eigenvalue weighted by Crippen LogP contribution is 2.08. The van der Waals surface area contributed by atoms with Crippen molar-refractivity contribution in [1.82, 2.24) is 10.6 Å². The lowest BCUT2D eigenvalue weighted by atomic mass is 10.0. The summed E-state index contributed by atoms with van der Waals surface area (Å²) in [5, 5.41) is 5.05. The van der Waals surface area contributed by atoms with Crippen LogP contribution in [0.15, 0.2) is 24.3 Å². The molecule has 126 valence electrons. The summed E-state index contributed by atoms with van der Waals surface area (Å²) < 4.78 is 13.2. The second-order valence-electron chi connectivity index (χ2n) is 5.72. The van der Waals surface area contributed by atoms with Gasteiger partial charge in [0.1, 0.15) is 17.9 Å². The summed E-state index contributed by atoms with van der Waals surface area (Å²) in [5.41, 5.74) is 5.85. The molecular formula is C16H22FN3O3. The van der Waals surface area contributed by atoms with Crippen LogP contribution in [-0.4, -0.2) is 29.8 Å². The molecule has 0 unspecified atom stereocenters. The molecule has 0 aliphatic heterocycles. The van der Waals surface area contributed by atoms with Crippen LogP contribution in [0.25, 0.3) is 0 Å². The fourth-order valence-corrected chi connectivity index (χ4v) is 2.14. The monoisotopic (exact) mass is 323 g/mol. The molecule has 0 spiro atoms. The van der Waals surface area contributed by atoms with E-state index in [1.165, 1.54) is 25.1 Å². The third-order valence-corrected chi connectivity index (χ3v) is 3.30. The number of hydrogen-bond acceptors (Lipinski definition) is 3. The Morgan fingerprint density at radius 1 is 1.22 bits per heavy atom. The summed E-state index contributed by atoms with van der Waals surface area (Å²) >= 11 is 0. The van der Waals surface area contributed by atoms with Gasteiger partial charge in [0.2, 0.25) is 17.7 Å². The van der Waals surface area contributed by atoms with Crippen molar-refractivity contribution < 1.29 is 18.8 Å². The van der Waals surface area contributed by atoms with E-state index in [9.17, 15) is 18.8 Å². The number of halogens is 1. The van der Waals surface area contributed by atoms with Gasteiger partial charge in [0, 0.05) is 13.3 Å². The van der Waals surface area contributed by atoms with Crippen LogP contribution >= 0.6 is 0 Å². The third kappa shape index (κ3) is 6.06. The normalized spacial score (nSPS) is 13.3. The molecule has 7 heteroatoms. The van der Waals surface area contributed by atoms with E-state index in [1.807, 2.05) is 0 Å². The maximum absolute atomic E-state index is 13.2. The molecule has 23 heavy (non-hydrogen) atoms. The summed E-state index contributed by atoms with van der Waals surface area (Å²) in [6.07, 6.45) is 0.0731. The minimum atomic E-state index is -0.987. The van der Waals surface area contributed by atoms with Crippen molar-refractivity contribution in [1.29, 1.82) is 0 Å². The number of carbonyl (C=O) groups excluding carboxylic acids is 3. The SMILES string of the molecule is CC(=O)N[C@@H](C(=O)N[C@@H](Cc1cccc(F)c1)C(N)=O)C(C)C. The maximum Gasteiger partial charge on any atom is 0.243 e. The predicted molar refractivity (Wildman–Crippen MR) is 83.7 cm³/mol. The first-order valence-corrected chi connectivity index (χ1v) is 7.32. The Balaban J connectivity index is 2.84. The van der Waals surface area contributed by atoms with Crippen LogP contribution < -0.4 is 16.4 Å². The fourth-order valence-electron chi connectivity index (χ4n) is 2.14. The molecule has 1 aromatic rings. The average Bonchev–Trinajstić information content (AvgIpc) is 2.43. The van der Waals surface area contributed by atoms with Crippen LogP contribution in [0.2, 0.25) is 0 Å². The fraction of sp³-hybridized carbons (Fsp3) is 0.438. The number of amides is 3. The number of primary amides is 1. The van der Waals surface area contributed by atoms with Gasteiger partial charge >= 0.3 is 0 Å². The Morgan fingerprint density at radius 3 is 2.35 bits per heavy atom. The second-order valence-corrected chi connectivity index (χ2v) is 5.72. The molecular weight excluding hydrogens is 301 g/mol. The molecule has 0 fully saturated rings. The number of nitrogens with one attached hydrogen (secondary N) is 2. The zero-order valence-electron chi connectivity index (χ0n) is 13.4. The highest BCUT2D eigenvalue weighted by atomic mass is 19.1. The Labute approximate surface area is 134 Å². The molecule has 0 radical (unpaired) electrons. The van der Waals surface area contributed by atoms with E-state index in [0.717, 1.165) is 0 Å². The van der Waals surface area contributed by atoms with Gasteiger partial charge in [-0.1, -0.05) is 26.0 Å². The van der Waals surface area contributed by atoms with Crippen LogP contribution in [0.3, 0.4) is 0 Å². The van der Waals surface area contributed by atoms with Gasteiger partial charge in [0.15, 0.2) is 0 Å². The minimum Gasteiger partial charge on any atom is -0.368 e. The number of hydrogen-bond donors (Lipinski definition) is 3. The number of benzene rings is 1. The van der Waals surface area contributed by atoms with E-state index in [-0.39, 0.29) is 18.2 Å². The van der Waals surface area contributed by atoms with Crippen LogP contribution in [0, 0.1) is 11.7 Å². The van der Waals surface area contributed by atoms with Crippen LogP contribution in [0.1, 0.15) is 26.3 Å². The van der Waals surface area contributed by atoms with Crippen molar-refractivity contribution in [2.75, 3.05) is 0 Å². The molecule has 0 saturated heterocycles. The largest absolute Gasteiger partial charge is 0.368 e. The van der Waals surface area contributed by atoms with Gasteiger partial charge < -0.3 is 16.4 Å². The molecule has 3 amide bonds. The zero-order valence-corrected chi connectivity index (χ0v) is 13.4. The summed E-state index contributed by atoms with van der Waals surface area (Å²) in [6, 6.07) is 3.95. The van der Waals surface area contributed by atoms with Gasteiger partial charge in [0.05, 0.1) is 0 Å². The van der Waals surface area contributed by atoms with Gasteiger partial charge in [-0.05, 0) is 23.6 Å². The minimum absolute atomic E-state index is 0.0731. The zero-order chi connectivity index (χ0) is 17.6. The molecule has 0 saturated carbocycles. The van der Waals surface area contributed by atoms with Gasteiger partial charge in [-0.15, -0.1) is 0 Å². The molecule has 0 aliphatic rings. The Hall–Kier alpha value is -2.44. The predicted octanol–water partition coefficient (Wildman–Crippen LogP) is 0.499. The first kappa shape index (κ1) is 18.6. The van der Waals surface area contributed by atoms with Crippen LogP contribution in [0.5, 0.6) is 0 Å². The summed E-state index contributed by atoms with van der Waals surface area (Å²) in [7, 11) is 0. The lowest BCUT2D eigenvalue weighted by Crippen LogP contribution is -2.55. The summed E-state index contributed by atoms with van der Waals surface area (Å²) in [6.45, 7) is 4.85. The Morgan fingerprint density at radius 2 is 1.87 bits per heavy atom. The van der Waals surface area contributed by atoms with Gasteiger partial charge in [-0.2, -0.15) is 0 Å². The quantitative estimate of drug-likeness (QED) is 0.681. The lowest BCUT2D eigenvalue weighted by molar-refractivity contribution is -0.131. The van der Waals surface area contributed by atoms with E-state index in [0.29, 0.717) is 5.56 Å². The topological polar surface area (TPSA) is 101 Å². The van der Waals surface area contributed by atoms with E-state index in [1.54, 1.807) is 19.9 Å².